The molecule has 2 amide bonds. The first kappa shape index (κ1) is 16.7. The number of carbonyl (C=O) groups is 2. The van der Waals surface area contributed by atoms with Crippen LogP contribution < -0.4 is 0 Å². The zero-order valence-corrected chi connectivity index (χ0v) is 13.7. The molecule has 8 heteroatoms. The summed E-state index contributed by atoms with van der Waals surface area (Å²) in [5, 5.41) is 8.94. The molecule has 1 saturated heterocycles. The average molecular weight is 340 g/mol. The maximum atomic E-state index is 12.3. The zero-order valence-electron chi connectivity index (χ0n) is 12.0. The number of amides is 2. The molecule has 6 nitrogen and oxygen atoms in total. The van der Waals surface area contributed by atoms with Crippen molar-refractivity contribution in [2.24, 2.45) is 0 Å². The number of thiocarbonyl (C=S) groups is 1. The van der Waals surface area contributed by atoms with Gasteiger partial charge in [-0.25, -0.2) is 0 Å². The Hall–Kier alpha value is -1.64. The minimum absolute atomic E-state index is 0.115. The van der Waals surface area contributed by atoms with Crippen LogP contribution in [0.25, 0.3) is 6.08 Å². The molecule has 1 aromatic rings. The van der Waals surface area contributed by atoms with E-state index in [2.05, 4.69) is 0 Å². The van der Waals surface area contributed by atoms with E-state index in [1.54, 1.807) is 18.2 Å². The number of aliphatic hydroxyl groups is 1. The summed E-state index contributed by atoms with van der Waals surface area (Å²) >= 11 is 6.32. The maximum absolute atomic E-state index is 12.3. The lowest BCUT2D eigenvalue weighted by atomic mass is 10.3. The summed E-state index contributed by atoms with van der Waals surface area (Å²) in [6.45, 7) is 2.29. The number of carbonyl (C=O) groups excluding carboxylic acids is 2. The molecule has 22 heavy (non-hydrogen) atoms. The molecule has 0 aliphatic carbocycles. The summed E-state index contributed by atoms with van der Waals surface area (Å²) in [6, 6.07) is 3.46. The van der Waals surface area contributed by atoms with Gasteiger partial charge in [0.05, 0.1) is 17.8 Å². The molecular formula is C14H16N2O4S2. The molecule has 0 atom stereocenters. The van der Waals surface area contributed by atoms with E-state index in [0.717, 1.165) is 11.8 Å². The number of hydrogen-bond acceptors (Lipinski definition) is 6. The number of furan rings is 1. The normalized spacial score (nSPS) is 16.6. The van der Waals surface area contributed by atoms with Gasteiger partial charge in [-0.3, -0.25) is 14.5 Å². The quantitative estimate of drug-likeness (QED) is 0.622. The number of nitrogens with zero attached hydrogens (tertiary/aromatic N) is 2. The first-order valence-corrected chi connectivity index (χ1v) is 7.96. The molecule has 1 aliphatic rings. The Morgan fingerprint density at radius 1 is 1.59 bits per heavy atom. The smallest absolute Gasteiger partial charge is 0.266 e. The van der Waals surface area contributed by atoms with Crippen LogP contribution in [0.5, 0.6) is 0 Å². The van der Waals surface area contributed by atoms with E-state index in [4.69, 9.17) is 21.7 Å². The molecule has 118 valence electrons. The average Bonchev–Trinajstić information content (AvgIpc) is 3.09. The van der Waals surface area contributed by atoms with E-state index >= 15 is 0 Å². The van der Waals surface area contributed by atoms with Crippen LogP contribution >= 0.6 is 24.0 Å². The SMILES string of the molecule is CCN(CCO)C(=O)CN1C(=O)/C(=C/c2ccco2)SC1=S. The third-order valence-corrected chi connectivity index (χ3v) is 4.47. The predicted octanol–water partition coefficient (Wildman–Crippen LogP) is 1.32. The van der Waals surface area contributed by atoms with Crippen molar-refractivity contribution in [3.8, 4) is 0 Å². The van der Waals surface area contributed by atoms with Crippen LogP contribution in [0.3, 0.4) is 0 Å². The number of thioether (sulfide) groups is 1. The highest BCUT2D eigenvalue weighted by Gasteiger charge is 2.34. The standard InChI is InChI=1S/C14H16N2O4S2/c1-2-15(5-6-17)12(18)9-16-13(19)11(22-14(16)21)8-10-4-3-7-20-10/h3-4,7-8,17H,2,5-6,9H2,1H3/b11-8-. The van der Waals surface area contributed by atoms with Gasteiger partial charge >= 0.3 is 0 Å². The number of aliphatic hydroxyl groups excluding tert-OH is 1. The zero-order chi connectivity index (χ0) is 16.1. The fraction of sp³-hybridized carbons (Fsp3) is 0.357. The van der Waals surface area contributed by atoms with Crippen molar-refractivity contribution in [1.29, 1.82) is 0 Å². The van der Waals surface area contributed by atoms with Crippen molar-refractivity contribution >= 4 is 46.2 Å². The van der Waals surface area contributed by atoms with Gasteiger partial charge in [-0.05, 0) is 19.1 Å². The molecule has 1 aromatic heterocycles. The Balaban J connectivity index is 2.08. The molecule has 0 bridgehead atoms. The molecular weight excluding hydrogens is 324 g/mol. The fourth-order valence-electron chi connectivity index (χ4n) is 1.95. The molecule has 0 unspecified atom stereocenters. The van der Waals surface area contributed by atoms with Crippen LogP contribution in [0.15, 0.2) is 27.7 Å². The summed E-state index contributed by atoms with van der Waals surface area (Å²) in [5.74, 6) is 0.00851. The summed E-state index contributed by atoms with van der Waals surface area (Å²) in [7, 11) is 0. The van der Waals surface area contributed by atoms with Crippen molar-refractivity contribution in [2.45, 2.75) is 6.92 Å². The monoisotopic (exact) mass is 340 g/mol. The molecule has 2 heterocycles. The van der Waals surface area contributed by atoms with Gasteiger partial charge in [0.1, 0.15) is 16.6 Å². The molecule has 0 spiro atoms. The van der Waals surface area contributed by atoms with Gasteiger partial charge in [-0.2, -0.15) is 0 Å². The van der Waals surface area contributed by atoms with Crippen LogP contribution in [-0.2, 0) is 9.59 Å². The van der Waals surface area contributed by atoms with E-state index in [1.807, 2.05) is 6.92 Å². The lowest BCUT2D eigenvalue weighted by molar-refractivity contribution is -0.135. The van der Waals surface area contributed by atoms with Crippen molar-refractivity contribution in [3.63, 3.8) is 0 Å². The minimum Gasteiger partial charge on any atom is -0.465 e. The summed E-state index contributed by atoms with van der Waals surface area (Å²) in [4.78, 5) is 27.7. The highest BCUT2D eigenvalue weighted by Crippen LogP contribution is 2.32. The summed E-state index contributed by atoms with van der Waals surface area (Å²) < 4.78 is 5.52. The van der Waals surface area contributed by atoms with Crippen molar-refractivity contribution in [1.82, 2.24) is 9.80 Å². The molecule has 1 fully saturated rings. The van der Waals surface area contributed by atoms with Crippen LogP contribution in [0, 0.1) is 0 Å². The Morgan fingerprint density at radius 2 is 2.36 bits per heavy atom. The van der Waals surface area contributed by atoms with E-state index < -0.39 is 0 Å². The van der Waals surface area contributed by atoms with Gasteiger partial charge < -0.3 is 14.4 Å². The van der Waals surface area contributed by atoms with E-state index in [-0.39, 0.29) is 31.5 Å². The Bertz CT molecular complexity index is 598. The molecule has 0 saturated carbocycles. The molecule has 2 rings (SSSR count). The van der Waals surface area contributed by atoms with Crippen molar-refractivity contribution in [3.05, 3.63) is 29.1 Å². The minimum atomic E-state index is -0.306. The highest BCUT2D eigenvalue weighted by atomic mass is 32.2. The van der Waals surface area contributed by atoms with E-state index in [9.17, 15) is 9.59 Å². The second-order valence-corrected chi connectivity index (χ2v) is 6.16. The fourth-order valence-corrected chi connectivity index (χ4v) is 3.19. The van der Waals surface area contributed by atoms with Gasteiger partial charge in [0.15, 0.2) is 0 Å². The molecule has 0 radical (unpaired) electrons. The third-order valence-electron chi connectivity index (χ3n) is 3.09. The van der Waals surface area contributed by atoms with Gasteiger partial charge in [0.2, 0.25) is 5.91 Å². The number of likely N-dealkylation sites (N-methyl/N-ethyl adjacent to an activating group) is 1. The Kier molecular flexibility index (Phi) is 5.76. The first-order valence-electron chi connectivity index (χ1n) is 6.74. The lowest BCUT2D eigenvalue weighted by Gasteiger charge is -2.22. The Labute approximate surface area is 137 Å². The summed E-state index contributed by atoms with van der Waals surface area (Å²) in [5.41, 5.74) is 0. The van der Waals surface area contributed by atoms with E-state index in [0.29, 0.717) is 21.5 Å². The summed E-state index contributed by atoms with van der Waals surface area (Å²) in [6.07, 6.45) is 3.12. The van der Waals surface area contributed by atoms with E-state index in [1.165, 1.54) is 16.1 Å². The second-order valence-electron chi connectivity index (χ2n) is 4.48. The molecule has 0 aromatic carbocycles. The van der Waals surface area contributed by atoms with Gasteiger partial charge in [-0.15, -0.1) is 0 Å². The van der Waals surface area contributed by atoms with Gasteiger partial charge in [0, 0.05) is 19.2 Å². The topological polar surface area (TPSA) is 74.0 Å². The van der Waals surface area contributed by atoms with Crippen LogP contribution in [-0.4, -0.2) is 57.3 Å². The van der Waals surface area contributed by atoms with Crippen LogP contribution in [0.2, 0.25) is 0 Å². The lowest BCUT2D eigenvalue weighted by Crippen LogP contribution is -2.43. The third kappa shape index (κ3) is 3.76. The van der Waals surface area contributed by atoms with Crippen LogP contribution in [0.4, 0.5) is 0 Å². The Morgan fingerprint density at radius 3 is 2.95 bits per heavy atom. The maximum Gasteiger partial charge on any atom is 0.266 e. The van der Waals surface area contributed by atoms with Gasteiger partial charge in [-0.1, -0.05) is 24.0 Å². The predicted molar refractivity (Wildman–Crippen MR) is 87.9 cm³/mol. The second kappa shape index (κ2) is 7.57. The molecule has 1 aliphatic heterocycles. The van der Waals surface area contributed by atoms with Crippen LogP contribution in [0.1, 0.15) is 12.7 Å². The highest BCUT2D eigenvalue weighted by molar-refractivity contribution is 8.26. The molecule has 1 N–H and O–H groups in total. The largest absolute Gasteiger partial charge is 0.465 e. The van der Waals surface area contributed by atoms with Gasteiger partial charge in [0.25, 0.3) is 5.91 Å². The number of rotatable bonds is 6. The first-order chi connectivity index (χ1) is 10.6. The van der Waals surface area contributed by atoms with Crippen molar-refractivity contribution < 1.29 is 19.1 Å². The number of hydrogen-bond donors (Lipinski definition) is 1. The van der Waals surface area contributed by atoms with Crippen molar-refractivity contribution in [2.75, 3.05) is 26.2 Å².